The van der Waals surface area contributed by atoms with Gasteiger partial charge in [0.05, 0.1) is 11.4 Å². The van der Waals surface area contributed by atoms with E-state index in [4.69, 9.17) is 0 Å². The average molecular weight is 1110 g/mol. The third-order valence-corrected chi connectivity index (χ3v) is 22.3. The van der Waals surface area contributed by atoms with E-state index in [0.29, 0.717) is 5.92 Å². The van der Waals surface area contributed by atoms with Crippen molar-refractivity contribution in [1.82, 2.24) is 0 Å². The van der Waals surface area contributed by atoms with Crippen molar-refractivity contribution in [3.05, 3.63) is 244 Å². The van der Waals surface area contributed by atoms with E-state index in [9.17, 15) is 0 Å². The van der Waals surface area contributed by atoms with Crippen LogP contribution in [0.2, 0.25) is 0 Å². The predicted octanol–water partition coefficient (Wildman–Crippen LogP) is 19.8. The molecule has 0 aromatic heterocycles. The summed E-state index contributed by atoms with van der Waals surface area (Å²) in [6.07, 6.45) is 7.29. The number of hydrogen-bond donors (Lipinski definition) is 0. The van der Waals surface area contributed by atoms with Gasteiger partial charge in [-0.15, -0.1) is 0 Å². The van der Waals surface area contributed by atoms with Crippen molar-refractivity contribution in [2.75, 3.05) is 9.80 Å². The highest BCUT2D eigenvalue weighted by molar-refractivity contribution is 7.00. The Morgan fingerprint density at radius 1 is 0.494 bits per heavy atom. The van der Waals surface area contributed by atoms with Crippen LogP contribution in [0.5, 0.6) is 0 Å². The molecule has 10 aromatic carbocycles. The molecule has 0 bridgehead atoms. The normalized spacial score (nSPS) is 20.4. The molecule has 0 saturated heterocycles. The summed E-state index contributed by atoms with van der Waals surface area (Å²) in [6, 6.07) is 76.4. The molecule has 0 radical (unpaired) electrons. The molecule has 5 aliphatic rings. The number of rotatable bonds is 6. The van der Waals surface area contributed by atoms with E-state index in [2.05, 4.69) is 288 Å². The summed E-state index contributed by atoms with van der Waals surface area (Å²) in [4.78, 5) is 5.38. The van der Waals surface area contributed by atoms with Crippen molar-refractivity contribution >= 4 is 78.8 Å². The number of benzene rings is 9. The minimum absolute atomic E-state index is 0.0510. The van der Waals surface area contributed by atoms with Gasteiger partial charge in [-0.3, -0.25) is 0 Å². The maximum atomic E-state index is 3.66. The Morgan fingerprint density at radius 2 is 1.11 bits per heavy atom. The highest BCUT2D eigenvalue weighted by atomic mass is 15.2. The first-order valence-electron chi connectivity index (χ1n) is 31.8. The molecule has 10 aromatic rings. The largest absolute Gasteiger partial charge is 0.311 e. The van der Waals surface area contributed by atoms with Crippen molar-refractivity contribution in [3.63, 3.8) is 0 Å². The second-order valence-corrected chi connectivity index (χ2v) is 29.9. The zero-order chi connectivity index (χ0) is 58.9. The molecule has 3 heteroatoms. The number of fused-ring (bicyclic) bond motifs is 12. The lowest BCUT2D eigenvalue weighted by atomic mass is 9.33. The zero-order valence-electron chi connectivity index (χ0n) is 52.5. The van der Waals surface area contributed by atoms with Crippen LogP contribution in [0.25, 0.3) is 32.7 Å². The molecule has 422 valence electrons. The quantitative estimate of drug-likeness (QED) is 0.153. The summed E-state index contributed by atoms with van der Waals surface area (Å²) in [6.45, 7) is 31.6. The molecular formula is C82H81BN2. The second kappa shape index (κ2) is 18.6. The monoisotopic (exact) mass is 1100 g/mol. The SMILES string of the molecule is Cc1cc2c3c(c1)N(c1cccc4c#cc5ccccc5c14)c1cc(CCC4c5ccc(C(C)(C)C)cc5C5(C)CCCCC45C)ccc1B3c1cc3c(cc1N2c1ccc(C(C)(C)C)cc1-c1ccccc1)C(C)(C)c1ccccc1C3(C)C. The lowest BCUT2D eigenvalue weighted by Crippen LogP contribution is -2.62. The van der Waals surface area contributed by atoms with Crippen molar-refractivity contribution in [2.45, 2.75) is 162 Å². The first kappa shape index (κ1) is 53.9. The van der Waals surface area contributed by atoms with Gasteiger partial charge in [-0.05, 0) is 192 Å². The van der Waals surface area contributed by atoms with E-state index < -0.39 is 0 Å². The highest BCUT2D eigenvalue weighted by Crippen LogP contribution is 2.66. The van der Waals surface area contributed by atoms with E-state index in [1.807, 2.05) is 0 Å². The van der Waals surface area contributed by atoms with Gasteiger partial charge in [0.1, 0.15) is 0 Å². The Labute approximate surface area is 507 Å². The first-order valence-corrected chi connectivity index (χ1v) is 31.8. The highest BCUT2D eigenvalue weighted by Gasteiger charge is 2.58. The van der Waals surface area contributed by atoms with Gasteiger partial charge in [0.15, 0.2) is 0 Å². The van der Waals surface area contributed by atoms with Crippen LogP contribution in [0, 0.1) is 24.5 Å². The Balaban J connectivity index is 0.997. The van der Waals surface area contributed by atoms with Crippen molar-refractivity contribution in [1.29, 1.82) is 0 Å². The van der Waals surface area contributed by atoms with Gasteiger partial charge in [-0.2, -0.15) is 0 Å². The molecule has 3 unspecified atom stereocenters. The average Bonchev–Trinajstić information content (AvgIpc) is 1.32. The topological polar surface area (TPSA) is 6.48 Å². The van der Waals surface area contributed by atoms with Crippen molar-refractivity contribution < 1.29 is 0 Å². The number of hydrogen-bond acceptors (Lipinski definition) is 2. The van der Waals surface area contributed by atoms with E-state index >= 15 is 0 Å². The smallest absolute Gasteiger partial charge is 0.252 e. The fraction of sp³-hybridized carbons (Fsp3) is 0.317. The molecule has 1 fully saturated rings. The Hall–Kier alpha value is -7.80. The number of anilines is 6. The van der Waals surface area contributed by atoms with Crippen LogP contribution in [0.3, 0.4) is 0 Å². The molecule has 0 amide bonds. The summed E-state index contributed by atoms with van der Waals surface area (Å²) in [5.74, 6) is 0.481. The number of nitrogens with zero attached hydrogens (tertiary/aromatic N) is 2. The molecule has 2 heterocycles. The van der Waals surface area contributed by atoms with Crippen LogP contribution in [-0.2, 0) is 33.5 Å². The standard InChI is InChI=1S/C82H81BN2/c1-51-44-73-76-74(45-51)85(70-31-23-27-55-35-34-54-26-17-18-28-58(54)75(55)70)71-46-52(32-39-61-59-38-36-57(78(5,6)7)48-64(59)82(13)43-22-21-42-81(61,82)12)33-40-67(71)83(76)68-49-65-66(80(10,11)63-30-20-19-29-62(63)79(65,8)9)50-72(68)84(73)69-41-37-56(77(2,3)4)47-60(69)53-24-15-14-16-25-53/h14-20,23-31,33,36-38,40-41,44-50,61H,21-22,32,39,42-43H2,1-13H3. The molecule has 3 aliphatic carbocycles. The van der Waals surface area contributed by atoms with Crippen LogP contribution in [0.1, 0.15) is 177 Å². The maximum absolute atomic E-state index is 3.66. The molecule has 85 heavy (non-hydrogen) atoms. The number of aryl methyl sites for hydroxylation is 2. The van der Waals surface area contributed by atoms with Gasteiger partial charge < -0.3 is 9.80 Å². The molecule has 2 nitrogen and oxygen atoms in total. The van der Waals surface area contributed by atoms with Crippen molar-refractivity contribution in [2.24, 2.45) is 5.41 Å². The second-order valence-electron chi connectivity index (χ2n) is 29.9. The van der Waals surface area contributed by atoms with Crippen molar-refractivity contribution in [3.8, 4) is 11.1 Å². The van der Waals surface area contributed by atoms with Gasteiger partial charge in [0, 0.05) is 60.7 Å². The van der Waals surface area contributed by atoms with E-state index in [1.165, 1.54) is 143 Å². The van der Waals surface area contributed by atoms with Gasteiger partial charge in [-0.1, -0.05) is 229 Å². The minimum Gasteiger partial charge on any atom is -0.311 e. The van der Waals surface area contributed by atoms with Crippen LogP contribution in [0.4, 0.5) is 34.1 Å². The van der Waals surface area contributed by atoms with Crippen LogP contribution >= 0.6 is 0 Å². The summed E-state index contributed by atoms with van der Waals surface area (Å²) in [7, 11) is 0. The Morgan fingerprint density at radius 3 is 1.84 bits per heavy atom. The fourth-order valence-electron chi connectivity index (χ4n) is 17.4. The zero-order valence-corrected chi connectivity index (χ0v) is 52.5. The summed E-state index contributed by atoms with van der Waals surface area (Å²) >= 11 is 0. The molecule has 3 atom stereocenters. The predicted molar refractivity (Wildman–Crippen MR) is 363 cm³/mol. The Kier molecular flexibility index (Phi) is 11.8. The molecular weight excluding hydrogens is 1020 g/mol. The third kappa shape index (κ3) is 7.85. The molecule has 2 aliphatic heterocycles. The maximum Gasteiger partial charge on any atom is 0.252 e. The van der Waals surface area contributed by atoms with Gasteiger partial charge in [0.2, 0.25) is 0 Å². The lowest BCUT2D eigenvalue weighted by molar-refractivity contribution is 0.0763. The van der Waals surface area contributed by atoms with E-state index in [-0.39, 0.29) is 39.2 Å². The van der Waals surface area contributed by atoms with Crippen LogP contribution < -0.4 is 26.2 Å². The van der Waals surface area contributed by atoms with Gasteiger partial charge >= 0.3 is 0 Å². The molecule has 0 N–H and O–H groups in total. The van der Waals surface area contributed by atoms with Gasteiger partial charge in [0.25, 0.3) is 6.71 Å². The third-order valence-electron chi connectivity index (χ3n) is 22.3. The van der Waals surface area contributed by atoms with Crippen LogP contribution in [-0.4, -0.2) is 6.71 Å². The molecule has 1 saturated carbocycles. The summed E-state index contributed by atoms with van der Waals surface area (Å²) < 4.78 is 0. The first-order chi connectivity index (χ1) is 40.6. The lowest BCUT2D eigenvalue weighted by Gasteiger charge is -2.49. The van der Waals surface area contributed by atoms with Gasteiger partial charge in [-0.25, -0.2) is 0 Å². The van der Waals surface area contributed by atoms with E-state index in [0.717, 1.165) is 23.6 Å². The Bertz CT molecular complexity index is 4410. The summed E-state index contributed by atoms with van der Waals surface area (Å²) in [5.41, 5.74) is 28.1. The van der Waals surface area contributed by atoms with Crippen LogP contribution in [0.15, 0.2) is 176 Å². The fourth-order valence-corrected chi connectivity index (χ4v) is 17.4. The molecule has 15 rings (SSSR count). The summed E-state index contributed by atoms with van der Waals surface area (Å²) in [5, 5.41) is 4.56. The molecule has 0 spiro atoms. The van der Waals surface area contributed by atoms with E-state index in [1.54, 1.807) is 11.1 Å². The minimum atomic E-state index is -0.249.